The molecule has 1 amide bonds. The number of amides is 1. The summed E-state index contributed by atoms with van der Waals surface area (Å²) in [4.78, 5) is 17.7. The quantitative estimate of drug-likeness (QED) is 0.256. The van der Waals surface area contributed by atoms with E-state index in [-0.39, 0.29) is 30.5 Å². The molecule has 1 aromatic carbocycles. The summed E-state index contributed by atoms with van der Waals surface area (Å²) in [6, 6.07) is 3.57. The van der Waals surface area contributed by atoms with Gasteiger partial charge in [0.05, 0.1) is 12.3 Å². The van der Waals surface area contributed by atoms with Crippen molar-refractivity contribution in [1.29, 1.82) is 0 Å². The number of phenolic OH excluding ortho intramolecular Hbond substituents is 1. The molecule has 8 heteroatoms. The molecule has 0 bridgehead atoms. The van der Waals surface area contributed by atoms with E-state index < -0.39 is 5.82 Å². The van der Waals surface area contributed by atoms with Gasteiger partial charge in [-0.15, -0.1) is 0 Å². The highest BCUT2D eigenvalue weighted by Gasteiger charge is 2.18. The van der Waals surface area contributed by atoms with Crippen molar-refractivity contribution in [2.24, 2.45) is 4.99 Å². The SMILES string of the molecule is O=C1CCCN1CCCN=C(NCCO)Nc1cc(F)ccc1O. The fourth-order valence-electron chi connectivity index (χ4n) is 2.44. The Hall–Kier alpha value is -2.35. The number of hydrogen-bond acceptors (Lipinski definition) is 4. The predicted octanol–water partition coefficient (Wildman–Crippen LogP) is 0.894. The Morgan fingerprint density at radius 3 is 2.96 bits per heavy atom. The number of phenols is 1. The molecule has 24 heavy (non-hydrogen) atoms. The fraction of sp³-hybridized carbons (Fsp3) is 0.500. The molecule has 0 aromatic heterocycles. The van der Waals surface area contributed by atoms with Gasteiger partial charge in [0.1, 0.15) is 11.6 Å². The highest BCUT2D eigenvalue weighted by molar-refractivity contribution is 5.94. The first kappa shape index (κ1) is 18.0. The zero-order valence-corrected chi connectivity index (χ0v) is 13.5. The van der Waals surface area contributed by atoms with Gasteiger partial charge in [-0.2, -0.15) is 0 Å². The van der Waals surface area contributed by atoms with Crippen molar-refractivity contribution < 1.29 is 19.4 Å². The molecule has 1 aliphatic heterocycles. The van der Waals surface area contributed by atoms with Gasteiger partial charge >= 0.3 is 0 Å². The number of anilines is 1. The molecule has 0 spiro atoms. The van der Waals surface area contributed by atoms with Crippen molar-refractivity contribution >= 4 is 17.6 Å². The van der Waals surface area contributed by atoms with E-state index in [0.717, 1.165) is 25.1 Å². The van der Waals surface area contributed by atoms with Crippen LogP contribution in [-0.4, -0.2) is 59.8 Å². The summed E-state index contributed by atoms with van der Waals surface area (Å²) in [7, 11) is 0. The molecule has 132 valence electrons. The number of nitrogens with one attached hydrogen (secondary N) is 2. The number of guanidine groups is 1. The van der Waals surface area contributed by atoms with Crippen molar-refractivity contribution in [3.05, 3.63) is 24.0 Å². The minimum atomic E-state index is -0.482. The monoisotopic (exact) mass is 338 g/mol. The maximum atomic E-state index is 13.3. The van der Waals surface area contributed by atoms with E-state index in [0.29, 0.717) is 31.9 Å². The van der Waals surface area contributed by atoms with Crippen LogP contribution in [0.25, 0.3) is 0 Å². The Kier molecular flexibility index (Phi) is 6.80. The number of hydrogen-bond donors (Lipinski definition) is 4. The van der Waals surface area contributed by atoms with E-state index in [4.69, 9.17) is 5.11 Å². The van der Waals surface area contributed by atoms with Crippen LogP contribution in [0.2, 0.25) is 0 Å². The van der Waals surface area contributed by atoms with Gasteiger partial charge in [-0.05, 0) is 25.0 Å². The Morgan fingerprint density at radius 2 is 2.25 bits per heavy atom. The van der Waals surface area contributed by atoms with E-state index >= 15 is 0 Å². The van der Waals surface area contributed by atoms with E-state index in [1.54, 1.807) is 0 Å². The first-order valence-corrected chi connectivity index (χ1v) is 8.02. The molecule has 1 fully saturated rings. The lowest BCUT2D eigenvalue weighted by molar-refractivity contribution is -0.127. The highest BCUT2D eigenvalue weighted by atomic mass is 19.1. The molecule has 0 aliphatic carbocycles. The Morgan fingerprint density at radius 1 is 1.42 bits per heavy atom. The first-order valence-electron chi connectivity index (χ1n) is 8.02. The number of aliphatic hydroxyl groups is 1. The lowest BCUT2D eigenvalue weighted by Gasteiger charge is -2.15. The molecule has 4 N–H and O–H groups in total. The van der Waals surface area contributed by atoms with Crippen LogP contribution in [-0.2, 0) is 4.79 Å². The van der Waals surface area contributed by atoms with E-state index in [1.165, 1.54) is 6.07 Å². The summed E-state index contributed by atoms with van der Waals surface area (Å²) < 4.78 is 13.3. The molecule has 0 atom stereocenters. The third kappa shape index (κ3) is 5.38. The molecule has 1 aromatic rings. The molecule has 0 unspecified atom stereocenters. The lowest BCUT2D eigenvalue weighted by Crippen LogP contribution is -2.33. The molecule has 2 rings (SSSR count). The number of benzene rings is 1. The second kappa shape index (κ2) is 9.07. The molecule has 0 saturated carbocycles. The van der Waals surface area contributed by atoms with Crippen molar-refractivity contribution in [3.63, 3.8) is 0 Å². The number of likely N-dealkylation sites (tertiary alicyclic amines) is 1. The van der Waals surface area contributed by atoms with Crippen LogP contribution in [0.5, 0.6) is 5.75 Å². The minimum absolute atomic E-state index is 0.0852. The Labute approximate surface area is 140 Å². The van der Waals surface area contributed by atoms with Gasteiger partial charge in [0.25, 0.3) is 0 Å². The average molecular weight is 338 g/mol. The van der Waals surface area contributed by atoms with Crippen molar-refractivity contribution in [2.75, 3.05) is 38.1 Å². The standard InChI is InChI=1S/C16H23FN4O3/c17-12-4-5-14(23)13(11-12)20-16(19-7-10-22)18-6-2-9-21-8-1-3-15(21)24/h4-5,11,22-23H,1-3,6-10H2,(H2,18,19,20). The van der Waals surface area contributed by atoms with Crippen LogP contribution in [0, 0.1) is 5.82 Å². The Bertz CT molecular complexity index is 595. The zero-order valence-electron chi connectivity index (χ0n) is 13.5. The molecular formula is C16H23FN4O3. The summed E-state index contributed by atoms with van der Waals surface area (Å²) in [5.41, 5.74) is 0.189. The number of rotatable bonds is 7. The van der Waals surface area contributed by atoms with Gasteiger partial charge in [0.2, 0.25) is 5.91 Å². The number of aromatic hydroxyl groups is 1. The smallest absolute Gasteiger partial charge is 0.222 e. The summed E-state index contributed by atoms with van der Waals surface area (Å²) in [6.45, 7) is 2.10. The van der Waals surface area contributed by atoms with Gasteiger partial charge in [-0.25, -0.2) is 4.39 Å². The predicted molar refractivity (Wildman–Crippen MR) is 89.5 cm³/mol. The van der Waals surface area contributed by atoms with Crippen molar-refractivity contribution in [2.45, 2.75) is 19.3 Å². The molecule has 0 radical (unpaired) electrons. The van der Waals surface area contributed by atoms with Crippen molar-refractivity contribution in [1.82, 2.24) is 10.2 Å². The minimum Gasteiger partial charge on any atom is -0.506 e. The summed E-state index contributed by atoms with van der Waals surface area (Å²) >= 11 is 0. The van der Waals surface area contributed by atoms with E-state index in [2.05, 4.69) is 15.6 Å². The zero-order chi connectivity index (χ0) is 17.4. The van der Waals surface area contributed by atoms with E-state index in [1.807, 2.05) is 4.90 Å². The molecule has 1 heterocycles. The maximum absolute atomic E-state index is 13.3. The summed E-state index contributed by atoms with van der Waals surface area (Å²) in [6.07, 6.45) is 2.23. The summed E-state index contributed by atoms with van der Waals surface area (Å²) in [5, 5.41) is 24.4. The van der Waals surface area contributed by atoms with Crippen LogP contribution >= 0.6 is 0 Å². The second-order valence-corrected chi connectivity index (χ2v) is 5.51. The van der Waals surface area contributed by atoms with Crippen LogP contribution < -0.4 is 10.6 Å². The van der Waals surface area contributed by atoms with Gasteiger partial charge in [0.15, 0.2) is 5.96 Å². The molecule has 7 nitrogen and oxygen atoms in total. The average Bonchev–Trinajstić information content (AvgIpc) is 2.97. The number of carbonyl (C=O) groups excluding carboxylic acids is 1. The maximum Gasteiger partial charge on any atom is 0.222 e. The highest BCUT2D eigenvalue weighted by Crippen LogP contribution is 2.23. The molecule has 1 saturated heterocycles. The van der Waals surface area contributed by atoms with Gasteiger partial charge in [0, 0.05) is 38.7 Å². The normalized spacial score (nSPS) is 15.0. The summed E-state index contributed by atoms with van der Waals surface area (Å²) in [5.74, 6) is -0.0694. The lowest BCUT2D eigenvalue weighted by atomic mass is 10.3. The Balaban J connectivity index is 1.91. The molecular weight excluding hydrogens is 315 g/mol. The third-order valence-corrected chi connectivity index (χ3v) is 3.64. The number of nitrogens with zero attached hydrogens (tertiary/aromatic N) is 2. The van der Waals surface area contributed by atoms with Gasteiger partial charge in [-0.3, -0.25) is 9.79 Å². The fourth-order valence-corrected chi connectivity index (χ4v) is 2.44. The van der Waals surface area contributed by atoms with E-state index in [9.17, 15) is 14.3 Å². The number of halogens is 1. The van der Waals surface area contributed by atoms with Crippen molar-refractivity contribution in [3.8, 4) is 5.75 Å². The number of carbonyl (C=O) groups is 1. The first-order chi connectivity index (χ1) is 11.6. The van der Waals surface area contributed by atoms with Gasteiger partial charge in [-0.1, -0.05) is 0 Å². The van der Waals surface area contributed by atoms with Crippen LogP contribution in [0.15, 0.2) is 23.2 Å². The third-order valence-electron chi connectivity index (χ3n) is 3.64. The van der Waals surface area contributed by atoms with Crippen LogP contribution in [0.4, 0.5) is 10.1 Å². The van der Waals surface area contributed by atoms with Gasteiger partial charge < -0.3 is 25.7 Å². The number of aliphatic imine (C=N–C) groups is 1. The molecule has 1 aliphatic rings. The largest absolute Gasteiger partial charge is 0.506 e. The second-order valence-electron chi connectivity index (χ2n) is 5.51. The number of aliphatic hydroxyl groups excluding tert-OH is 1. The van der Waals surface area contributed by atoms with Crippen LogP contribution in [0.1, 0.15) is 19.3 Å². The van der Waals surface area contributed by atoms with Crippen LogP contribution in [0.3, 0.4) is 0 Å². The topological polar surface area (TPSA) is 97.2 Å².